The lowest BCUT2D eigenvalue weighted by molar-refractivity contribution is -0.132. The summed E-state index contributed by atoms with van der Waals surface area (Å²) >= 11 is 0. The quantitative estimate of drug-likeness (QED) is 0.573. The molecule has 0 spiro atoms. The minimum absolute atomic E-state index is 0.141. The molecule has 0 aromatic rings. The molecule has 0 heterocycles. The fraction of sp³-hybridized carbons (Fsp3) is 0.182. The fourth-order valence-corrected chi connectivity index (χ4v) is 0.998. The second-order valence-corrected chi connectivity index (χ2v) is 3.03. The largest absolute Gasteiger partial charge is 0.478 e. The first-order valence-electron chi connectivity index (χ1n) is 4.63. The second-order valence-electron chi connectivity index (χ2n) is 3.03. The predicted molar refractivity (Wildman–Crippen MR) is 58.5 cm³/mol. The monoisotopic (exact) mass is 240 g/mol. The van der Waals surface area contributed by atoms with Gasteiger partial charge in [0, 0.05) is 18.2 Å². The molecule has 0 amide bonds. The Balaban J connectivity index is 4.50. The summed E-state index contributed by atoms with van der Waals surface area (Å²) in [5, 5.41) is 25.2. The van der Waals surface area contributed by atoms with E-state index in [4.69, 9.17) is 15.3 Å². The lowest BCUT2D eigenvalue weighted by Crippen LogP contribution is -1.93. The summed E-state index contributed by atoms with van der Waals surface area (Å²) in [7, 11) is 0. The van der Waals surface area contributed by atoms with Crippen molar-refractivity contribution in [3.8, 4) is 0 Å². The number of carboxylic acid groups (broad SMARTS) is 3. The third-order valence-electron chi connectivity index (χ3n) is 1.61. The van der Waals surface area contributed by atoms with E-state index in [0.29, 0.717) is 5.57 Å². The highest BCUT2D eigenvalue weighted by atomic mass is 16.4. The molecule has 0 atom stereocenters. The summed E-state index contributed by atoms with van der Waals surface area (Å²) in [5.74, 6) is -3.41. The molecule has 92 valence electrons. The first kappa shape index (κ1) is 14.6. The summed E-state index contributed by atoms with van der Waals surface area (Å²) in [5.41, 5.74) is 0.410. The number of hydrogen-bond donors (Lipinski definition) is 3. The molecule has 0 radical (unpaired) electrons. The zero-order chi connectivity index (χ0) is 13.3. The van der Waals surface area contributed by atoms with Crippen molar-refractivity contribution in [2.24, 2.45) is 0 Å². The van der Waals surface area contributed by atoms with Crippen molar-refractivity contribution >= 4 is 17.9 Å². The van der Waals surface area contributed by atoms with E-state index in [-0.39, 0.29) is 12.8 Å². The van der Waals surface area contributed by atoms with Crippen LogP contribution in [0.15, 0.2) is 36.0 Å². The molecule has 0 rings (SSSR count). The Bertz CT molecular complexity index is 361. The van der Waals surface area contributed by atoms with E-state index in [1.807, 2.05) is 0 Å². The van der Waals surface area contributed by atoms with Crippen molar-refractivity contribution in [3.05, 3.63) is 36.0 Å². The van der Waals surface area contributed by atoms with Gasteiger partial charge in [0.15, 0.2) is 0 Å². The summed E-state index contributed by atoms with van der Waals surface area (Å²) < 4.78 is 0. The molecule has 3 N–H and O–H groups in total. The van der Waals surface area contributed by atoms with Gasteiger partial charge in [0.25, 0.3) is 0 Å². The van der Waals surface area contributed by atoms with E-state index in [0.717, 1.165) is 18.2 Å². The Kier molecular flexibility index (Phi) is 6.77. The third kappa shape index (κ3) is 9.92. The molecule has 0 aromatic carbocycles. The number of carboxylic acids is 3. The number of aliphatic carboxylic acids is 3. The van der Waals surface area contributed by atoms with Crippen LogP contribution in [0.3, 0.4) is 0 Å². The Hall–Kier alpha value is -2.37. The normalized spacial score (nSPS) is 10.6. The van der Waals surface area contributed by atoms with Gasteiger partial charge in [-0.15, -0.1) is 0 Å². The highest BCUT2D eigenvalue weighted by molar-refractivity contribution is 5.82. The minimum atomic E-state index is -1.16. The number of hydrogen-bond acceptors (Lipinski definition) is 3. The van der Waals surface area contributed by atoms with Crippen LogP contribution < -0.4 is 0 Å². The van der Waals surface area contributed by atoms with Crippen LogP contribution in [0.5, 0.6) is 0 Å². The van der Waals surface area contributed by atoms with Gasteiger partial charge in [0.2, 0.25) is 0 Å². The molecule has 6 nitrogen and oxygen atoms in total. The summed E-state index contributed by atoms with van der Waals surface area (Å²) in [6.45, 7) is 0. The molecule has 0 saturated heterocycles. The van der Waals surface area contributed by atoms with Crippen LogP contribution in [0.25, 0.3) is 0 Å². The molecular formula is C11H12O6. The van der Waals surface area contributed by atoms with E-state index < -0.39 is 17.9 Å². The highest BCUT2D eigenvalue weighted by Gasteiger charge is 1.98. The zero-order valence-electron chi connectivity index (χ0n) is 8.87. The Labute approximate surface area is 97.2 Å². The number of carbonyl (C=O) groups is 3. The molecule has 0 aliphatic rings. The molecule has 0 saturated carbocycles. The van der Waals surface area contributed by atoms with Crippen LogP contribution in [-0.2, 0) is 14.4 Å². The highest BCUT2D eigenvalue weighted by Crippen LogP contribution is 2.09. The van der Waals surface area contributed by atoms with Crippen LogP contribution in [0.2, 0.25) is 0 Å². The van der Waals surface area contributed by atoms with Gasteiger partial charge in [-0.1, -0.05) is 17.7 Å². The molecule has 6 heteroatoms. The molecule has 17 heavy (non-hydrogen) atoms. The van der Waals surface area contributed by atoms with Crippen LogP contribution in [0.4, 0.5) is 0 Å². The fourth-order valence-electron chi connectivity index (χ4n) is 0.998. The van der Waals surface area contributed by atoms with Crippen LogP contribution in [-0.4, -0.2) is 33.2 Å². The van der Waals surface area contributed by atoms with Crippen molar-refractivity contribution in [1.29, 1.82) is 0 Å². The van der Waals surface area contributed by atoms with Crippen molar-refractivity contribution in [3.63, 3.8) is 0 Å². The Morgan fingerprint density at radius 1 is 0.765 bits per heavy atom. The van der Waals surface area contributed by atoms with Gasteiger partial charge in [-0.3, -0.25) is 0 Å². The van der Waals surface area contributed by atoms with Crippen molar-refractivity contribution in [1.82, 2.24) is 0 Å². The van der Waals surface area contributed by atoms with E-state index >= 15 is 0 Å². The molecule has 0 fully saturated rings. The van der Waals surface area contributed by atoms with Gasteiger partial charge in [-0.25, -0.2) is 14.4 Å². The molecular weight excluding hydrogens is 228 g/mol. The van der Waals surface area contributed by atoms with Crippen LogP contribution in [0.1, 0.15) is 12.8 Å². The average Bonchev–Trinajstić information content (AvgIpc) is 2.15. The van der Waals surface area contributed by atoms with Gasteiger partial charge in [-0.2, -0.15) is 0 Å². The topological polar surface area (TPSA) is 112 Å². The third-order valence-corrected chi connectivity index (χ3v) is 1.61. The first-order valence-corrected chi connectivity index (χ1v) is 4.63. The summed E-state index contributed by atoms with van der Waals surface area (Å²) in [6, 6.07) is 0. The number of rotatable bonds is 7. The maximum absolute atomic E-state index is 10.4. The number of allylic oxidation sites excluding steroid dienone is 3. The maximum Gasteiger partial charge on any atom is 0.328 e. The smallest absolute Gasteiger partial charge is 0.328 e. The lowest BCUT2D eigenvalue weighted by Gasteiger charge is -1.98. The van der Waals surface area contributed by atoms with E-state index in [1.54, 1.807) is 0 Å². The lowest BCUT2D eigenvalue weighted by atomic mass is 10.1. The van der Waals surface area contributed by atoms with Crippen molar-refractivity contribution < 1.29 is 29.7 Å². The Morgan fingerprint density at radius 2 is 1.18 bits per heavy atom. The van der Waals surface area contributed by atoms with E-state index in [9.17, 15) is 14.4 Å². The summed E-state index contributed by atoms with van der Waals surface area (Å²) in [4.78, 5) is 30.8. The molecule has 0 aromatic heterocycles. The van der Waals surface area contributed by atoms with Gasteiger partial charge >= 0.3 is 17.9 Å². The van der Waals surface area contributed by atoms with Gasteiger partial charge in [-0.05, 0) is 12.8 Å². The van der Waals surface area contributed by atoms with Gasteiger partial charge in [0.05, 0.1) is 0 Å². The SMILES string of the molecule is O=C(O)C=CCC(=CC(=O)O)CC=CC(=O)O. The minimum Gasteiger partial charge on any atom is -0.478 e. The predicted octanol–water partition coefficient (Wildman–Crippen LogP) is 1.06. The maximum atomic E-state index is 10.4. The second kappa shape index (κ2) is 7.86. The van der Waals surface area contributed by atoms with Crippen molar-refractivity contribution in [2.75, 3.05) is 0 Å². The molecule has 0 aliphatic heterocycles. The Morgan fingerprint density at radius 3 is 1.47 bits per heavy atom. The molecule has 0 unspecified atom stereocenters. The molecule has 0 aliphatic carbocycles. The summed E-state index contributed by atoms with van der Waals surface area (Å²) in [6.07, 6.45) is 5.61. The standard InChI is InChI=1S/C11H12O6/c12-9(13)5-1-3-8(7-11(16)17)4-2-6-10(14)15/h1-2,5-7H,3-4H2,(H,12,13)(H,14,15)(H,16,17). The first-order chi connectivity index (χ1) is 7.91. The zero-order valence-corrected chi connectivity index (χ0v) is 8.87. The van der Waals surface area contributed by atoms with Gasteiger partial charge < -0.3 is 15.3 Å². The van der Waals surface area contributed by atoms with Gasteiger partial charge in [0.1, 0.15) is 0 Å². The van der Waals surface area contributed by atoms with Crippen LogP contribution >= 0.6 is 0 Å². The molecule has 0 bridgehead atoms. The van der Waals surface area contributed by atoms with E-state index in [2.05, 4.69) is 0 Å². The van der Waals surface area contributed by atoms with Crippen molar-refractivity contribution in [2.45, 2.75) is 12.8 Å². The van der Waals surface area contributed by atoms with Crippen LogP contribution in [0, 0.1) is 0 Å². The average molecular weight is 240 g/mol. The van der Waals surface area contributed by atoms with E-state index in [1.165, 1.54) is 12.2 Å².